The van der Waals surface area contributed by atoms with Crippen molar-refractivity contribution in [2.24, 2.45) is 14.1 Å². The molecule has 1 saturated heterocycles. The molecule has 162 valence electrons. The van der Waals surface area contributed by atoms with Crippen LogP contribution in [0.3, 0.4) is 0 Å². The van der Waals surface area contributed by atoms with E-state index in [-0.39, 0.29) is 23.7 Å². The Kier molecular flexibility index (Phi) is 6.73. The summed E-state index contributed by atoms with van der Waals surface area (Å²) >= 11 is 0. The number of ether oxygens (including phenoxy) is 1. The third kappa shape index (κ3) is 4.63. The topological polar surface area (TPSA) is 103 Å². The van der Waals surface area contributed by atoms with Crippen molar-refractivity contribution < 1.29 is 9.53 Å². The van der Waals surface area contributed by atoms with Crippen molar-refractivity contribution in [1.29, 1.82) is 0 Å². The summed E-state index contributed by atoms with van der Waals surface area (Å²) in [5.74, 6) is 0.424. The van der Waals surface area contributed by atoms with E-state index in [9.17, 15) is 14.4 Å². The highest BCUT2D eigenvalue weighted by molar-refractivity contribution is 6.01. The fraction of sp³-hybridized carbons (Fsp3) is 0.476. The Balaban J connectivity index is 1.54. The van der Waals surface area contributed by atoms with Gasteiger partial charge in [0, 0.05) is 46.8 Å². The summed E-state index contributed by atoms with van der Waals surface area (Å²) < 4.78 is 7.23. The van der Waals surface area contributed by atoms with E-state index >= 15 is 0 Å². The number of benzene rings is 1. The third-order valence-electron chi connectivity index (χ3n) is 5.70. The van der Waals surface area contributed by atoms with E-state index in [1.807, 2.05) is 17.0 Å². The molecule has 1 fully saturated rings. The molecule has 9 nitrogen and oxygen atoms in total. The molecule has 0 radical (unpaired) electrons. The van der Waals surface area contributed by atoms with Gasteiger partial charge in [0.2, 0.25) is 0 Å². The number of hydrogen-bond acceptors (Lipinski definition) is 7. The smallest absolute Gasteiger partial charge is 0.332 e. The van der Waals surface area contributed by atoms with E-state index in [2.05, 4.69) is 17.0 Å². The summed E-state index contributed by atoms with van der Waals surface area (Å²) in [7, 11) is 4.46. The Morgan fingerprint density at radius 2 is 1.60 bits per heavy atom. The largest absolute Gasteiger partial charge is 0.497 e. The van der Waals surface area contributed by atoms with Crippen molar-refractivity contribution in [2.45, 2.75) is 6.42 Å². The number of methoxy groups -OCH3 is 1. The van der Waals surface area contributed by atoms with Crippen LogP contribution in [0.15, 0.2) is 33.9 Å². The SMILES string of the molecule is COc1ccc(CCN2CCN(CC(=O)c3c(N)n(C)c(=O)n(C)c3=O)CC2)cc1. The molecule has 1 aliphatic heterocycles. The van der Waals surface area contributed by atoms with Crippen LogP contribution in [0.1, 0.15) is 15.9 Å². The molecule has 30 heavy (non-hydrogen) atoms. The highest BCUT2D eigenvalue weighted by Gasteiger charge is 2.24. The van der Waals surface area contributed by atoms with Gasteiger partial charge in [0.1, 0.15) is 17.1 Å². The molecule has 9 heteroatoms. The Morgan fingerprint density at radius 1 is 1.00 bits per heavy atom. The average molecular weight is 415 g/mol. The number of nitrogens with zero attached hydrogens (tertiary/aromatic N) is 4. The lowest BCUT2D eigenvalue weighted by Gasteiger charge is -2.34. The third-order valence-corrected chi connectivity index (χ3v) is 5.70. The highest BCUT2D eigenvalue weighted by Crippen LogP contribution is 2.13. The minimum absolute atomic E-state index is 0.0776. The Labute approximate surface area is 175 Å². The van der Waals surface area contributed by atoms with E-state index in [4.69, 9.17) is 10.5 Å². The Hall–Kier alpha value is -2.91. The van der Waals surface area contributed by atoms with Crippen molar-refractivity contribution in [3.8, 4) is 5.75 Å². The van der Waals surface area contributed by atoms with Crippen LogP contribution in [-0.4, -0.2) is 71.1 Å². The highest BCUT2D eigenvalue weighted by atomic mass is 16.5. The maximum absolute atomic E-state index is 12.7. The van der Waals surface area contributed by atoms with Crippen LogP contribution in [0.4, 0.5) is 5.82 Å². The first-order valence-electron chi connectivity index (χ1n) is 9.98. The minimum Gasteiger partial charge on any atom is -0.497 e. The normalized spacial score (nSPS) is 15.3. The van der Waals surface area contributed by atoms with Gasteiger partial charge in [0.15, 0.2) is 5.78 Å². The molecule has 0 unspecified atom stereocenters. The first kappa shape index (κ1) is 21.8. The van der Waals surface area contributed by atoms with Gasteiger partial charge in [-0.05, 0) is 24.1 Å². The summed E-state index contributed by atoms with van der Waals surface area (Å²) in [5.41, 5.74) is 5.86. The quantitative estimate of drug-likeness (QED) is 0.621. The van der Waals surface area contributed by atoms with Crippen molar-refractivity contribution >= 4 is 11.6 Å². The summed E-state index contributed by atoms with van der Waals surface area (Å²) in [6, 6.07) is 8.08. The van der Waals surface area contributed by atoms with Crippen LogP contribution in [-0.2, 0) is 20.5 Å². The molecule has 0 amide bonds. The van der Waals surface area contributed by atoms with E-state index in [0.717, 1.165) is 54.0 Å². The fourth-order valence-corrected chi connectivity index (χ4v) is 3.65. The van der Waals surface area contributed by atoms with Crippen LogP contribution in [0, 0.1) is 0 Å². The number of aromatic nitrogens is 2. The zero-order valence-electron chi connectivity index (χ0n) is 17.8. The van der Waals surface area contributed by atoms with Gasteiger partial charge in [0.25, 0.3) is 5.56 Å². The predicted molar refractivity (Wildman–Crippen MR) is 115 cm³/mol. The summed E-state index contributed by atoms with van der Waals surface area (Å²) in [4.78, 5) is 41.4. The molecule has 2 heterocycles. The monoisotopic (exact) mass is 415 g/mol. The van der Waals surface area contributed by atoms with Gasteiger partial charge in [-0.2, -0.15) is 0 Å². The van der Waals surface area contributed by atoms with Gasteiger partial charge in [-0.15, -0.1) is 0 Å². The van der Waals surface area contributed by atoms with E-state index in [1.165, 1.54) is 19.7 Å². The Bertz CT molecular complexity index is 1020. The minimum atomic E-state index is -0.640. The second-order valence-electron chi connectivity index (χ2n) is 7.61. The van der Waals surface area contributed by atoms with Gasteiger partial charge in [-0.25, -0.2) is 4.79 Å². The zero-order chi connectivity index (χ0) is 21.8. The number of nitrogens with two attached hydrogens (primary N) is 1. The summed E-state index contributed by atoms with van der Waals surface area (Å²) in [6.07, 6.45) is 0.952. The maximum atomic E-state index is 12.7. The first-order chi connectivity index (χ1) is 14.3. The molecule has 3 rings (SSSR count). The number of rotatable bonds is 7. The number of anilines is 1. The second-order valence-corrected chi connectivity index (χ2v) is 7.61. The average Bonchev–Trinajstić information content (AvgIpc) is 2.76. The second kappa shape index (κ2) is 9.27. The van der Waals surface area contributed by atoms with Crippen molar-refractivity contribution in [1.82, 2.24) is 18.9 Å². The van der Waals surface area contributed by atoms with Crippen LogP contribution in [0.25, 0.3) is 0 Å². The van der Waals surface area contributed by atoms with Gasteiger partial charge >= 0.3 is 5.69 Å². The van der Waals surface area contributed by atoms with Gasteiger partial charge in [0.05, 0.1) is 13.7 Å². The van der Waals surface area contributed by atoms with E-state index in [1.54, 1.807) is 7.11 Å². The molecule has 0 aliphatic carbocycles. The molecule has 0 spiro atoms. The summed E-state index contributed by atoms with van der Waals surface area (Å²) in [6.45, 7) is 4.24. The number of Topliss-reactive ketones (excluding diaryl/α,β-unsaturated/α-hetero) is 1. The molecular weight excluding hydrogens is 386 g/mol. The fourth-order valence-electron chi connectivity index (χ4n) is 3.65. The first-order valence-corrected chi connectivity index (χ1v) is 9.98. The lowest BCUT2D eigenvalue weighted by Crippen LogP contribution is -2.49. The van der Waals surface area contributed by atoms with Crippen LogP contribution in [0.5, 0.6) is 5.75 Å². The zero-order valence-corrected chi connectivity index (χ0v) is 17.8. The van der Waals surface area contributed by atoms with Crippen molar-refractivity contribution in [3.05, 3.63) is 56.2 Å². The van der Waals surface area contributed by atoms with Crippen LogP contribution < -0.4 is 21.7 Å². The van der Waals surface area contributed by atoms with Gasteiger partial charge in [-0.3, -0.25) is 23.6 Å². The number of ketones is 1. The lowest BCUT2D eigenvalue weighted by molar-refractivity contribution is 0.0852. The maximum Gasteiger partial charge on any atom is 0.332 e. The standard InChI is InChI=1S/C21H29N5O4/c1-23-19(22)18(20(28)24(2)21(23)29)17(27)14-26-12-10-25(11-13-26)9-8-15-4-6-16(30-3)7-5-15/h4-7H,8-14,22H2,1-3H3. The Morgan fingerprint density at radius 3 is 2.20 bits per heavy atom. The molecule has 2 aromatic rings. The number of carbonyl (C=O) groups excluding carboxylic acids is 1. The van der Waals surface area contributed by atoms with Crippen LogP contribution in [0.2, 0.25) is 0 Å². The predicted octanol–water partition coefficient (Wildman–Crippen LogP) is -0.282. The number of carbonyl (C=O) groups is 1. The van der Waals surface area contributed by atoms with E-state index in [0.29, 0.717) is 0 Å². The van der Waals surface area contributed by atoms with Gasteiger partial charge < -0.3 is 15.4 Å². The molecule has 0 atom stereocenters. The van der Waals surface area contributed by atoms with Crippen molar-refractivity contribution in [2.75, 3.05) is 52.1 Å². The molecule has 1 aromatic heterocycles. The van der Waals surface area contributed by atoms with Gasteiger partial charge in [-0.1, -0.05) is 12.1 Å². The molecule has 0 bridgehead atoms. The van der Waals surface area contributed by atoms with E-state index < -0.39 is 11.2 Å². The molecule has 0 saturated carbocycles. The number of nitrogen functional groups attached to an aromatic ring is 1. The summed E-state index contributed by atoms with van der Waals surface area (Å²) in [5, 5.41) is 0. The van der Waals surface area contributed by atoms with Crippen LogP contribution >= 0.6 is 0 Å². The number of hydrogen-bond donors (Lipinski definition) is 1. The number of piperazine rings is 1. The molecule has 2 N–H and O–H groups in total. The van der Waals surface area contributed by atoms with Crippen molar-refractivity contribution in [3.63, 3.8) is 0 Å². The molecular formula is C21H29N5O4. The lowest BCUT2D eigenvalue weighted by atomic mass is 10.1. The molecule has 1 aromatic carbocycles. The molecule has 1 aliphatic rings.